The predicted octanol–water partition coefficient (Wildman–Crippen LogP) is 8.79. The second-order valence-electron chi connectivity index (χ2n) is 10.2. The Morgan fingerprint density at radius 2 is 0.881 bits per heavy atom. The van der Waals surface area contributed by atoms with Crippen LogP contribution in [-0.4, -0.2) is 24.9 Å². The zero-order chi connectivity index (χ0) is 27.9. The van der Waals surface area contributed by atoms with Gasteiger partial charge in [-0.3, -0.25) is 0 Å². The lowest BCUT2D eigenvalue weighted by Gasteiger charge is -2.12. The molecule has 0 fully saturated rings. The van der Waals surface area contributed by atoms with Gasteiger partial charge in [-0.2, -0.15) is 0 Å². The summed E-state index contributed by atoms with van der Waals surface area (Å²) in [5, 5.41) is 3.10. The van der Waals surface area contributed by atoms with Crippen LogP contribution in [0, 0.1) is 0 Å². The van der Waals surface area contributed by atoms with E-state index in [2.05, 4.69) is 48.5 Å². The molecule has 5 nitrogen and oxygen atoms in total. The molecule has 0 amide bonds. The second-order valence-corrected chi connectivity index (χ2v) is 10.2. The van der Waals surface area contributed by atoms with Crippen LogP contribution in [0.2, 0.25) is 0 Å². The van der Waals surface area contributed by atoms with Gasteiger partial charge in [0.25, 0.3) is 0 Å². The fraction of sp³-hybridized carbons (Fsp3) is 0. The minimum atomic E-state index is 0.597. The van der Waals surface area contributed by atoms with Crippen LogP contribution in [0.5, 0.6) is 0 Å². The first-order valence-electron chi connectivity index (χ1n) is 13.9. The summed E-state index contributed by atoms with van der Waals surface area (Å²) in [6, 6.07) is 46.9. The third kappa shape index (κ3) is 4.25. The molecule has 0 unspecified atom stereocenters. The van der Waals surface area contributed by atoms with Crippen LogP contribution in [0.3, 0.4) is 0 Å². The zero-order valence-corrected chi connectivity index (χ0v) is 22.5. The van der Waals surface area contributed by atoms with E-state index in [0.717, 1.165) is 60.7 Å². The van der Waals surface area contributed by atoms with Gasteiger partial charge in [0.1, 0.15) is 0 Å². The number of rotatable bonds is 4. The van der Waals surface area contributed by atoms with Gasteiger partial charge in [0.2, 0.25) is 0 Å². The molecule has 0 spiro atoms. The Hall–Kier alpha value is -5.81. The summed E-state index contributed by atoms with van der Waals surface area (Å²) in [6.45, 7) is 0. The van der Waals surface area contributed by atoms with Crippen LogP contribution in [0.1, 0.15) is 0 Å². The lowest BCUT2D eigenvalue weighted by atomic mass is 10.0. The molecule has 3 aromatic heterocycles. The molecule has 0 radical (unpaired) electrons. The Morgan fingerprint density at radius 3 is 1.52 bits per heavy atom. The Morgan fingerprint density at radius 1 is 0.333 bits per heavy atom. The second kappa shape index (κ2) is 9.98. The van der Waals surface area contributed by atoms with E-state index in [1.807, 2.05) is 91.0 Å². The van der Waals surface area contributed by atoms with Crippen molar-refractivity contribution in [1.29, 1.82) is 0 Å². The molecule has 5 aromatic carbocycles. The van der Waals surface area contributed by atoms with Crippen molar-refractivity contribution >= 4 is 32.7 Å². The first kappa shape index (κ1) is 24.0. The van der Waals surface area contributed by atoms with Crippen molar-refractivity contribution in [3.05, 3.63) is 140 Å². The molecule has 0 saturated carbocycles. The highest BCUT2D eigenvalue weighted by atomic mass is 15.0. The number of para-hydroxylation sites is 1. The summed E-state index contributed by atoms with van der Waals surface area (Å²) in [5.41, 5.74) is 7.41. The minimum Gasteiger partial charge on any atom is -0.247 e. The van der Waals surface area contributed by atoms with E-state index in [-0.39, 0.29) is 0 Å². The quantitative estimate of drug-likeness (QED) is 0.166. The average Bonchev–Trinajstić information content (AvgIpc) is 3.08. The Labute approximate surface area is 242 Å². The van der Waals surface area contributed by atoms with Crippen LogP contribution in [0.25, 0.3) is 78.1 Å². The zero-order valence-electron chi connectivity index (χ0n) is 22.5. The van der Waals surface area contributed by atoms with Crippen molar-refractivity contribution in [2.45, 2.75) is 0 Å². The predicted molar refractivity (Wildman–Crippen MR) is 170 cm³/mol. The Kier molecular flexibility index (Phi) is 5.71. The van der Waals surface area contributed by atoms with Crippen molar-refractivity contribution in [1.82, 2.24) is 24.9 Å². The Bertz CT molecular complexity index is 2170. The largest absolute Gasteiger partial charge is 0.247 e. The lowest BCUT2D eigenvalue weighted by molar-refractivity contribution is 1.07. The number of nitrogens with zero attached hydrogens (tertiary/aromatic N) is 5. The molecular weight excluding hydrogens is 514 g/mol. The molecule has 8 aromatic rings. The molecule has 0 bridgehead atoms. The molecule has 8 rings (SSSR count). The molecule has 0 aliphatic carbocycles. The molecule has 0 N–H and O–H groups in total. The first-order valence-corrected chi connectivity index (χ1v) is 13.9. The summed E-state index contributed by atoms with van der Waals surface area (Å²) in [5.74, 6) is 1.85. The molecule has 196 valence electrons. The molecule has 0 aliphatic heterocycles. The van der Waals surface area contributed by atoms with E-state index in [1.165, 1.54) is 0 Å². The van der Waals surface area contributed by atoms with Crippen LogP contribution >= 0.6 is 0 Å². The summed E-state index contributed by atoms with van der Waals surface area (Å²) in [7, 11) is 0. The number of fused-ring (bicyclic) bond motifs is 4. The fourth-order valence-corrected chi connectivity index (χ4v) is 5.40. The minimum absolute atomic E-state index is 0.597. The summed E-state index contributed by atoms with van der Waals surface area (Å²) < 4.78 is 0. The van der Waals surface area contributed by atoms with Gasteiger partial charge in [-0.1, -0.05) is 115 Å². The summed E-state index contributed by atoms with van der Waals surface area (Å²) in [4.78, 5) is 25.0. The molecule has 0 saturated heterocycles. The first-order chi connectivity index (χ1) is 20.8. The maximum atomic E-state index is 5.22. The van der Waals surface area contributed by atoms with E-state index in [9.17, 15) is 0 Å². The third-order valence-corrected chi connectivity index (χ3v) is 7.47. The number of aromatic nitrogens is 5. The molecular formula is C37H23N5. The maximum absolute atomic E-state index is 5.22. The van der Waals surface area contributed by atoms with Gasteiger partial charge < -0.3 is 0 Å². The van der Waals surface area contributed by atoms with Gasteiger partial charge in [0.05, 0.1) is 22.2 Å². The monoisotopic (exact) mass is 537 g/mol. The number of hydrogen-bond donors (Lipinski definition) is 0. The van der Waals surface area contributed by atoms with Crippen LogP contribution < -0.4 is 0 Å². The van der Waals surface area contributed by atoms with Crippen molar-refractivity contribution in [3.63, 3.8) is 0 Å². The van der Waals surface area contributed by atoms with Crippen LogP contribution in [-0.2, 0) is 0 Å². The molecule has 0 atom stereocenters. The van der Waals surface area contributed by atoms with Crippen molar-refractivity contribution in [2.24, 2.45) is 0 Å². The normalized spacial score (nSPS) is 11.3. The van der Waals surface area contributed by atoms with Crippen molar-refractivity contribution < 1.29 is 0 Å². The van der Waals surface area contributed by atoms with E-state index < -0.39 is 0 Å². The van der Waals surface area contributed by atoms with E-state index in [1.54, 1.807) is 0 Å². The van der Waals surface area contributed by atoms with Crippen molar-refractivity contribution in [3.8, 4) is 45.4 Å². The number of benzene rings is 5. The smallest absolute Gasteiger partial charge is 0.164 e. The van der Waals surface area contributed by atoms with Gasteiger partial charge >= 0.3 is 0 Å². The highest BCUT2D eigenvalue weighted by molar-refractivity contribution is 6.12. The van der Waals surface area contributed by atoms with Gasteiger partial charge in [0.15, 0.2) is 17.5 Å². The van der Waals surface area contributed by atoms with Crippen molar-refractivity contribution in [2.75, 3.05) is 0 Å². The average molecular weight is 538 g/mol. The number of hydrogen-bond acceptors (Lipinski definition) is 5. The molecule has 3 heterocycles. The van der Waals surface area contributed by atoms with Crippen LogP contribution in [0.15, 0.2) is 140 Å². The standard InChI is InChI=1S/C37H23N5/c1-4-12-24(13-5-1)33-30-22-27-18-10-11-19-31(27)38-34(30)29-21-20-28(23-32(29)39-33)37-41-35(25-14-6-2-7-15-25)40-36(42-37)26-16-8-3-9-17-26/h1-23H. The number of pyridine rings is 2. The van der Waals surface area contributed by atoms with E-state index >= 15 is 0 Å². The highest BCUT2D eigenvalue weighted by Gasteiger charge is 2.16. The highest BCUT2D eigenvalue weighted by Crippen LogP contribution is 2.35. The van der Waals surface area contributed by atoms with Crippen LogP contribution in [0.4, 0.5) is 0 Å². The Balaban J connectivity index is 1.38. The van der Waals surface area contributed by atoms with Gasteiger partial charge in [-0.05, 0) is 24.3 Å². The maximum Gasteiger partial charge on any atom is 0.164 e. The SMILES string of the molecule is c1ccc(-c2nc(-c3ccccc3)nc(-c3ccc4c(c3)nc(-c3ccccc3)c3cc5ccccc5nc34)n2)cc1. The molecule has 42 heavy (non-hydrogen) atoms. The summed E-state index contributed by atoms with van der Waals surface area (Å²) in [6.07, 6.45) is 0. The third-order valence-electron chi connectivity index (χ3n) is 7.47. The van der Waals surface area contributed by atoms with Gasteiger partial charge in [0, 0.05) is 38.4 Å². The topological polar surface area (TPSA) is 64.5 Å². The molecule has 5 heteroatoms. The fourth-order valence-electron chi connectivity index (χ4n) is 5.40. The molecule has 0 aliphatic rings. The van der Waals surface area contributed by atoms with E-state index in [4.69, 9.17) is 24.9 Å². The lowest BCUT2D eigenvalue weighted by Crippen LogP contribution is -2.00. The van der Waals surface area contributed by atoms with Gasteiger partial charge in [-0.25, -0.2) is 24.9 Å². The summed E-state index contributed by atoms with van der Waals surface area (Å²) >= 11 is 0. The van der Waals surface area contributed by atoms with E-state index in [0.29, 0.717) is 17.5 Å². The van der Waals surface area contributed by atoms with Gasteiger partial charge in [-0.15, -0.1) is 0 Å².